The Balaban J connectivity index is 2.35. The van der Waals surface area contributed by atoms with Crippen molar-refractivity contribution >= 4 is 0 Å². The molecule has 0 aromatic heterocycles. The highest BCUT2D eigenvalue weighted by Crippen LogP contribution is 2.53. The third-order valence-electron chi connectivity index (χ3n) is 2.86. The second-order valence-electron chi connectivity index (χ2n) is 4.58. The molecule has 1 aliphatic carbocycles. The molecule has 0 heterocycles. The molecule has 1 nitrogen and oxygen atoms in total. The summed E-state index contributed by atoms with van der Waals surface area (Å²) in [5, 5.41) is 0. The fourth-order valence-corrected chi connectivity index (χ4v) is 1.74. The van der Waals surface area contributed by atoms with Crippen LogP contribution in [0.3, 0.4) is 0 Å². The molecule has 1 saturated carbocycles. The van der Waals surface area contributed by atoms with Crippen molar-refractivity contribution in [3.8, 4) is 0 Å². The maximum Gasteiger partial charge on any atom is 0.0128 e. The van der Waals surface area contributed by atoms with E-state index in [0.29, 0.717) is 11.5 Å². The summed E-state index contributed by atoms with van der Waals surface area (Å²) in [6.07, 6.45) is 1.30. The fraction of sp³-hybridized carbons (Fsp3) is 1.00. The van der Waals surface area contributed by atoms with Gasteiger partial charge in [-0.05, 0) is 23.7 Å². The topological polar surface area (TPSA) is 26.0 Å². The molecule has 1 rings (SSSR count). The zero-order valence-corrected chi connectivity index (χ0v) is 7.52. The van der Waals surface area contributed by atoms with E-state index in [9.17, 15) is 0 Å². The van der Waals surface area contributed by atoms with Gasteiger partial charge in [0.1, 0.15) is 0 Å². The number of hydrogen-bond donors (Lipinski definition) is 1. The van der Waals surface area contributed by atoms with E-state index in [1.165, 1.54) is 6.42 Å². The molecule has 1 fully saturated rings. The van der Waals surface area contributed by atoms with Gasteiger partial charge < -0.3 is 5.73 Å². The molecule has 2 atom stereocenters. The molecule has 0 saturated heterocycles. The Kier molecular flexibility index (Phi) is 1.80. The molecule has 0 aromatic rings. The summed E-state index contributed by atoms with van der Waals surface area (Å²) in [7, 11) is 0. The molecular weight excluding hydrogens is 122 g/mol. The smallest absolute Gasteiger partial charge is 0.0128 e. The van der Waals surface area contributed by atoms with E-state index >= 15 is 0 Å². The van der Waals surface area contributed by atoms with Gasteiger partial charge in [0.25, 0.3) is 0 Å². The molecule has 0 bridgehead atoms. The lowest BCUT2D eigenvalue weighted by atomic mass is 10.0. The Morgan fingerprint density at radius 2 is 1.80 bits per heavy atom. The average Bonchev–Trinajstić information content (AvgIpc) is 2.17. The number of rotatable bonds is 2. The van der Waals surface area contributed by atoms with Crippen LogP contribution >= 0.6 is 0 Å². The second-order valence-corrected chi connectivity index (χ2v) is 4.58. The van der Waals surface area contributed by atoms with Gasteiger partial charge in [0.2, 0.25) is 0 Å². The molecule has 0 amide bonds. The third kappa shape index (κ3) is 1.20. The molecule has 10 heavy (non-hydrogen) atoms. The Morgan fingerprint density at radius 3 is 1.90 bits per heavy atom. The van der Waals surface area contributed by atoms with Gasteiger partial charge in [0.15, 0.2) is 0 Å². The first-order valence-electron chi connectivity index (χ1n) is 4.22. The van der Waals surface area contributed by atoms with Gasteiger partial charge in [0, 0.05) is 6.04 Å². The van der Waals surface area contributed by atoms with Crippen LogP contribution in [0, 0.1) is 17.3 Å². The van der Waals surface area contributed by atoms with Gasteiger partial charge in [0.05, 0.1) is 0 Å². The van der Waals surface area contributed by atoms with Crippen LogP contribution in [-0.2, 0) is 0 Å². The molecule has 0 aromatic carbocycles. The lowest BCUT2D eigenvalue weighted by Gasteiger charge is -2.04. The monoisotopic (exact) mass is 141 g/mol. The molecule has 0 spiro atoms. The van der Waals surface area contributed by atoms with Crippen molar-refractivity contribution in [2.45, 2.75) is 40.2 Å². The SMILES string of the molecule is CC(C)C[C@@H]1[C@@H](N)C1(C)C. The number of hydrogen-bond acceptors (Lipinski definition) is 1. The largest absolute Gasteiger partial charge is 0.327 e. The quantitative estimate of drug-likeness (QED) is 0.625. The van der Waals surface area contributed by atoms with Crippen LogP contribution < -0.4 is 5.73 Å². The van der Waals surface area contributed by atoms with E-state index in [0.717, 1.165) is 11.8 Å². The highest BCUT2D eigenvalue weighted by Gasteiger charge is 2.54. The van der Waals surface area contributed by atoms with E-state index < -0.39 is 0 Å². The standard InChI is InChI=1S/C9H19N/c1-6(2)5-7-8(10)9(7,3)4/h6-8H,5,10H2,1-4H3/t7-,8-/m1/s1. The second kappa shape index (κ2) is 2.23. The first kappa shape index (κ1) is 8.06. The summed E-state index contributed by atoms with van der Waals surface area (Å²) < 4.78 is 0. The molecule has 1 aliphatic rings. The van der Waals surface area contributed by atoms with Gasteiger partial charge in [-0.25, -0.2) is 0 Å². The van der Waals surface area contributed by atoms with E-state index in [1.54, 1.807) is 0 Å². The summed E-state index contributed by atoms with van der Waals surface area (Å²) in [6, 6.07) is 0.467. The van der Waals surface area contributed by atoms with Gasteiger partial charge in [-0.2, -0.15) is 0 Å². The lowest BCUT2D eigenvalue weighted by Crippen LogP contribution is -2.06. The summed E-state index contributed by atoms with van der Waals surface area (Å²) >= 11 is 0. The average molecular weight is 141 g/mol. The molecule has 60 valence electrons. The van der Waals surface area contributed by atoms with Crippen molar-refractivity contribution in [1.82, 2.24) is 0 Å². The minimum atomic E-state index is 0.435. The Labute approximate surface area is 64.0 Å². The van der Waals surface area contributed by atoms with Crippen molar-refractivity contribution < 1.29 is 0 Å². The molecule has 2 N–H and O–H groups in total. The molecule has 1 heteroatoms. The molecular formula is C9H19N. The van der Waals surface area contributed by atoms with Crippen LogP contribution in [0.25, 0.3) is 0 Å². The Hall–Kier alpha value is -0.0400. The fourth-order valence-electron chi connectivity index (χ4n) is 1.74. The third-order valence-corrected chi connectivity index (χ3v) is 2.86. The first-order chi connectivity index (χ1) is 4.46. The van der Waals surface area contributed by atoms with E-state index in [4.69, 9.17) is 5.73 Å². The number of nitrogens with two attached hydrogens (primary N) is 1. The van der Waals surface area contributed by atoms with Crippen LogP contribution in [0.4, 0.5) is 0 Å². The molecule has 0 unspecified atom stereocenters. The Bertz CT molecular complexity index is 127. The summed E-state index contributed by atoms with van der Waals surface area (Å²) in [5.41, 5.74) is 6.33. The van der Waals surface area contributed by atoms with Crippen LogP contribution in [0.2, 0.25) is 0 Å². The summed E-state index contributed by atoms with van der Waals surface area (Å²) in [5.74, 6) is 1.59. The normalized spacial score (nSPS) is 36.6. The first-order valence-corrected chi connectivity index (χ1v) is 4.22. The predicted octanol–water partition coefficient (Wildman–Crippen LogP) is 2.02. The molecule has 0 radical (unpaired) electrons. The van der Waals surface area contributed by atoms with Crippen molar-refractivity contribution in [2.24, 2.45) is 23.0 Å². The lowest BCUT2D eigenvalue weighted by molar-refractivity contribution is 0.462. The van der Waals surface area contributed by atoms with Gasteiger partial charge >= 0.3 is 0 Å². The van der Waals surface area contributed by atoms with E-state index in [-0.39, 0.29) is 0 Å². The van der Waals surface area contributed by atoms with Gasteiger partial charge in [-0.1, -0.05) is 27.7 Å². The van der Waals surface area contributed by atoms with Crippen molar-refractivity contribution in [2.75, 3.05) is 0 Å². The zero-order valence-electron chi connectivity index (χ0n) is 7.52. The van der Waals surface area contributed by atoms with Crippen LogP contribution in [-0.4, -0.2) is 6.04 Å². The van der Waals surface area contributed by atoms with Crippen molar-refractivity contribution in [1.29, 1.82) is 0 Å². The van der Waals surface area contributed by atoms with Gasteiger partial charge in [-0.15, -0.1) is 0 Å². The van der Waals surface area contributed by atoms with Crippen molar-refractivity contribution in [3.05, 3.63) is 0 Å². The Morgan fingerprint density at radius 1 is 1.40 bits per heavy atom. The molecule has 0 aliphatic heterocycles. The van der Waals surface area contributed by atoms with Gasteiger partial charge in [-0.3, -0.25) is 0 Å². The van der Waals surface area contributed by atoms with Crippen LogP contribution in [0.1, 0.15) is 34.1 Å². The van der Waals surface area contributed by atoms with Crippen LogP contribution in [0.15, 0.2) is 0 Å². The van der Waals surface area contributed by atoms with Crippen LogP contribution in [0.5, 0.6) is 0 Å². The zero-order chi connectivity index (χ0) is 7.94. The summed E-state index contributed by atoms with van der Waals surface area (Å²) in [4.78, 5) is 0. The van der Waals surface area contributed by atoms with E-state index in [2.05, 4.69) is 27.7 Å². The van der Waals surface area contributed by atoms with E-state index in [1.807, 2.05) is 0 Å². The minimum Gasteiger partial charge on any atom is -0.327 e. The predicted molar refractivity (Wildman–Crippen MR) is 44.7 cm³/mol. The maximum absolute atomic E-state index is 5.89. The highest BCUT2D eigenvalue weighted by molar-refractivity contribution is 5.08. The minimum absolute atomic E-state index is 0.435. The summed E-state index contributed by atoms with van der Waals surface area (Å²) in [6.45, 7) is 9.07. The van der Waals surface area contributed by atoms with Crippen molar-refractivity contribution in [3.63, 3.8) is 0 Å². The highest BCUT2D eigenvalue weighted by atomic mass is 14.8. The maximum atomic E-state index is 5.89.